The minimum atomic E-state index is 0. The Labute approximate surface area is 244 Å². The molecule has 35 heavy (non-hydrogen) atoms. The maximum atomic E-state index is 3.29. The van der Waals surface area contributed by atoms with Gasteiger partial charge in [-0.2, -0.15) is 17.7 Å². The number of halogens is 2. The van der Waals surface area contributed by atoms with Crippen LogP contribution in [0.4, 0.5) is 0 Å². The molecule has 0 aliphatic heterocycles. The van der Waals surface area contributed by atoms with Crippen molar-refractivity contribution < 1.29 is 47.8 Å². The van der Waals surface area contributed by atoms with Gasteiger partial charge in [0.2, 0.25) is 0 Å². The SMILES string of the molecule is CC1=[C-]C(C)C(C)=C1.CC1=[C-]C(C)C=C1C.CC1=[C-]C(C)C=C1C.[Cl-].[Cl-].[Hf+2]=[SiH]Cc1ccccc1. The zero-order valence-electron chi connectivity index (χ0n) is 22.9. The zero-order chi connectivity index (χ0) is 25.0. The molecule has 3 unspecified atom stereocenters. The minimum absolute atomic E-state index is 0. The second-order valence-electron chi connectivity index (χ2n) is 9.15. The van der Waals surface area contributed by atoms with Crippen LogP contribution < -0.4 is 24.8 Å². The summed E-state index contributed by atoms with van der Waals surface area (Å²) in [5.74, 6) is 1.67. The third-order valence-electron chi connectivity index (χ3n) is 5.82. The van der Waals surface area contributed by atoms with Crippen molar-refractivity contribution in [2.24, 2.45) is 17.8 Å². The summed E-state index contributed by atoms with van der Waals surface area (Å²) in [4.78, 5) is 0. The van der Waals surface area contributed by atoms with Crippen molar-refractivity contribution >= 4 is 6.22 Å². The monoisotopic (exact) mass is 691 g/mol. The third kappa shape index (κ3) is 15.2. The van der Waals surface area contributed by atoms with Crippen LogP contribution in [0.1, 0.15) is 67.9 Å². The van der Waals surface area contributed by atoms with Gasteiger partial charge in [0.25, 0.3) is 0 Å². The number of hydrogen-bond donors (Lipinski definition) is 0. The Morgan fingerprint density at radius 3 is 1.40 bits per heavy atom. The molecule has 0 fully saturated rings. The van der Waals surface area contributed by atoms with E-state index < -0.39 is 0 Å². The molecule has 0 saturated heterocycles. The first-order valence-electron chi connectivity index (χ1n) is 11.9. The first-order chi connectivity index (χ1) is 15.5. The van der Waals surface area contributed by atoms with Crippen LogP contribution in [0, 0.1) is 36.0 Å². The number of allylic oxidation sites excluding steroid dienone is 12. The van der Waals surface area contributed by atoms with Crippen LogP contribution in [0.3, 0.4) is 0 Å². The molecular formula is C31H41Cl2HfSi-3. The van der Waals surface area contributed by atoms with E-state index in [2.05, 4.69) is 129 Å². The molecule has 4 heteroatoms. The molecule has 3 aliphatic rings. The van der Waals surface area contributed by atoms with Crippen LogP contribution >= 0.6 is 0 Å². The third-order valence-corrected chi connectivity index (χ3v) is 8.70. The number of hydrogen-bond acceptors (Lipinski definition) is 0. The summed E-state index contributed by atoms with van der Waals surface area (Å²) < 4.78 is 0. The first-order valence-corrected chi connectivity index (χ1v) is 19.5. The van der Waals surface area contributed by atoms with E-state index in [4.69, 9.17) is 0 Å². The van der Waals surface area contributed by atoms with E-state index in [1.54, 1.807) is 0 Å². The van der Waals surface area contributed by atoms with Crippen LogP contribution in [0.25, 0.3) is 0 Å². The van der Waals surface area contributed by atoms with Gasteiger partial charge in [-0.1, -0.05) is 66.2 Å². The molecule has 3 atom stereocenters. The normalized spacial score (nSPS) is 21.3. The molecular weight excluding hydrogens is 650 g/mol. The Bertz CT molecular complexity index is 891. The van der Waals surface area contributed by atoms with Crippen molar-refractivity contribution in [3.8, 4) is 0 Å². The Balaban J connectivity index is 0. The Hall–Kier alpha value is -0.673. The van der Waals surface area contributed by atoms with E-state index in [1.165, 1.54) is 68.0 Å². The molecule has 0 aromatic heterocycles. The van der Waals surface area contributed by atoms with Crippen molar-refractivity contribution in [3.63, 3.8) is 0 Å². The average Bonchev–Trinajstić information content (AvgIpc) is 3.32. The van der Waals surface area contributed by atoms with Crippen molar-refractivity contribution in [2.75, 3.05) is 0 Å². The second-order valence-corrected chi connectivity index (χ2v) is 14.4. The van der Waals surface area contributed by atoms with E-state index in [0.29, 0.717) is 17.8 Å². The fraction of sp³-hybridized carbons (Fsp3) is 0.419. The Morgan fingerprint density at radius 2 is 1.20 bits per heavy atom. The van der Waals surface area contributed by atoms with Crippen molar-refractivity contribution in [1.29, 1.82) is 0 Å². The molecule has 4 rings (SSSR count). The Kier molecular flexibility index (Phi) is 20.3. The molecule has 0 radical (unpaired) electrons. The topological polar surface area (TPSA) is 0 Å². The molecule has 1 aromatic rings. The van der Waals surface area contributed by atoms with E-state index in [-0.39, 0.29) is 24.8 Å². The average molecular weight is 691 g/mol. The van der Waals surface area contributed by atoms with Gasteiger partial charge in [-0.15, -0.1) is 13.8 Å². The summed E-state index contributed by atoms with van der Waals surface area (Å²) in [5, 5.41) is 0. The molecule has 1 aromatic carbocycles. The summed E-state index contributed by atoms with van der Waals surface area (Å²) in [5.41, 5.74) is 9.64. The molecule has 0 bridgehead atoms. The van der Waals surface area contributed by atoms with Gasteiger partial charge in [0.05, 0.1) is 0 Å². The molecule has 0 spiro atoms. The van der Waals surface area contributed by atoms with E-state index in [9.17, 15) is 0 Å². The van der Waals surface area contributed by atoms with E-state index in [1.807, 2.05) is 0 Å². The summed E-state index contributed by atoms with van der Waals surface area (Å²) >= 11 is 1.41. The van der Waals surface area contributed by atoms with Gasteiger partial charge in [-0.3, -0.25) is 18.2 Å². The van der Waals surface area contributed by atoms with E-state index >= 15 is 0 Å². The summed E-state index contributed by atoms with van der Waals surface area (Å²) in [6.45, 7) is 19.2. The van der Waals surface area contributed by atoms with E-state index in [0.717, 1.165) is 6.22 Å². The summed E-state index contributed by atoms with van der Waals surface area (Å²) in [6, 6.07) is 12.1. The summed E-state index contributed by atoms with van der Waals surface area (Å²) in [6.07, 6.45) is 17.3. The van der Waals surface area contributed by atoms with Crippen LogP contribution in [0.2, 0.25) is 0 Å². The standard InChI is InChI=1S/3C8H11.C7H8Si.2ClH.Hf/c3*1-6-4-7(2)8(3)5-6;8-6-7-4-2-1-3-5-7;;;/h4,8H,1-3H3;2*4,6H,1-3H3;1-5,8H,6H2;2*1H;/q3*-1;;;;+2/p-2. The molecule has 0 amide bonds. The second kappa shape index (κ2) is 19.4. The van der Waals surface area contributed by atoms with Gasteiger partial charge in [-0.05, 0) is 0 Å². The number of rotatable bonds is 2. The van der Waals surface area contributed by atoms with Gasteiger partial charge in [-0.25, -0.2) is 33.9 Å². The van der Waals surface area contributed by atoms with Crippen molar-refractivity contribution in [1.82, 2.24) is 0 Å². The van der Waals surface area contributed by atoms with Crippen LogP contribution in [-0.2, 0) is 29.0 Å². The zero-order valence-corrected chi connectivity index (χ0v) is 29.2. The first kappa shape index (κ1) is 36.5. The van der Waals surface area contributed by atoms with Crippen LogP contribution in [0.5, 0.6) is 0 Å². The van der Waals surface area contributed by atoms with Crippen LogP contribution in [0.15, 0.2) is 82.0 Å². The predicted octanol–water partition coefficient (Wildman–Crippen LogP) is 2.09. The number of benzene rings is 1. The van der Waals surface area contributed by atoms with Gasteiger partial charge < -0.3 is 24.8 Å². The van der Waals surface area contributed by atoms with Crippen molar-refractivity contribution in [2.45, 2.75) is 68.4 Å². The van der Waals surface area contributed by atoms with Crippen LogP contribution in [-0.4, -0.2) is 6.22 Å². The molecule has 3 aliphatic carbocycles. The van der Waals surface area contributed by atoms with Gasteiger partial charge >= 0.3 is 71.2 Å². The summed E-state index contributed by atoms with van der Waals surface area (Å²) in [7, 11) is 0. The Morgan fingerprint density at radius 1 is 0.743 bits per heavy atom. The molecule has 0 heterocycles. The van der Waals surface area contributed by atoms with Gasteiger partial charge in [0.15, 0.2) is 0 Å². The fourth-order valence-electron chi connectivity index (χ4n) is 3.69. The van der Waals surface area contributed by atoms with Crippen molar-refractivity contribution in [3.05, 3.63) is 106 Å². The predicted molar refractivity (Wildman–Crippen MR) is 143 cm³/mol. The molecule has 0 nitrogen and oxygen atoms in total. The maximum absolute atomic E-state index is 3.29. The molecule has 0 saturated carbocycles. The fourth-order valence-corrected chi connectivity index (χ4v) is 6.74. The molecule has 0 N–H and O–H groups in total. The van der Waals surface area contributed by atoms with Gasteiger partial charge in [0, 0.05) is 0 Å². The van der Waals surface area contributed by atoms with Gasteiger partial charge in [0.1, 0.15) is 0 Å². The molecule has 190 valence electrons. The quantitative estimate of drug-likeness (QED) is 0.330.